The molecule has 2 aromatic rings. The van der Waals surface area contributed by atoms with Crippen molar-refractivity contribution in [2.45, 2.75) is 32.7 Å². The second-order valence-electron chi connectivity index (χ2n) is 5.40. The zero-order valence-corrected chi connectivity index (χ0v) is 15.7. The van der Waals surface area contributed by atoms with Gasteiger partial charge in [0.1, 0.15) is 0 Å². The minimum Gasteiger partial charge on any atom is -0.310 e. The fourth-order valence-electron chi connectivity index (χ4n) is 2.36. The molecule has 2 aromatic carbocycles. The van der Waals surface area contributed by atoms with Gasteiger partial charge in [0, 0.05) is 15.0 Å². The summed E-state index contributed by atoms with van der Waals surface area (Å²) in [5, 5.41) is 3.66. The highest BCUT2D eigenvalue weighted by molar-refractivity contribution is 9.11. The summed E-state index contributed by atoms with van der Waals surface area (Å²) in [6.45, 7) is 5.36. The molecule has 0 aromatic heterocycles. The van der Waals surface area contributed by atoms with E-state index < -0.39 is 0 Å². The Morgan fingerprint density at radius 3 is 2.19 bits per heavy atom. The molecule has 1 nitrogen and oxygen atoms in total. The van der Waals surface area contributed by atoms with Crippen LogP contribution in [0.25, 0.3) is 0 Å². The molecule has 1 atom stereocenters. The van der Waals surface area contributed by atoms with E-state index in [9.17, 15) is 0 Å². The molecular formula is C18H21Br2N. The molecule has 0 aliphatic rings. The van der Waals surface area contributed by atoms with E-state index in [1.54, 1.807) is 0 Å². The van der Waals surface area contributed by atoms with Crippen LogP contribution in [0.5, 0.6) is 0 Å². The molecule has 112 valence electrons. The monoisotopic (exact) mass is 409 g/mol. The van der Waals surface area contributed by atoms with Crippen molar-refractivity contribution in [1.82, 2.24) is 5.32 Å². The van der Waals surface area contributed by atoms with Gasteiger partial charge in [-0.2, -0.15) is 0 Å². The summed E-state index contributed by atoms with van der Waals surface area (Å²) < 4.78 is 2.22. The normalized spacial score (nSPS) is 12.4. The van der Waals surface area contributed by atoms with Gasteiger partial charge in [0.05, 0.1) is 0 Å². The first-order valence-electron chi connectivity index (χ1n) is 7.33. The average molecular weight is 411 g/mol. The van der Waals surface area contributed by atoms with Crippen molar-refractivity contribution in [3.8, 4) is 0 Å². The fraction of sp³-hybridized carbons (Fsp3) is 0.333. The molecule has 0 heterocycles. The van der Waals surface area contributed by atoms with Gasteiger partial charge >= 0.3 is 0 Å². The lowest BCUT2D eigenvalue weighted by atomic mass is 9.98. The van der Waals surface area contributed by atoms with Gasteiger partial charge in [-0.05, 0) is 55.6 Å². The number of hydrogen-bond donors (Lipinski definition) is 1. The van der Waals surface area contributed by atoms with E-state index in [-0.39, 0.29) is 0 Å². The van der Waals surface area contributed by atoms with Gasteiger partial charge in [-0.1, -0.05) is 68.6 Å². The summed E-state index contributed by atoms with van der Waals surface area (Å²) in [5.41, 5.74) is 3.98. The van der Waals surface area contributed by atoms with Crippen molar-refractivity contribution >= 4 is 31.9 Å². The van der Waals surface area contributed by atoms with Crippen LogP contribution in [0.15, 0.2) is 51.4 Å². The highest BCUT2D eigenvalue weighted by Crippen LogP contribution is 2.26. The number of halogens is 2. The zero-order valence-electron chi connectivity index (χ0n) is 12.5. The predicted octanol–water partition coefficient (Wildman–Crippen LogP) is 5.80. The first-order chi connectivity index (χ1) is 10.1. The first-order valence-corrected chi connectivity index (χ1v) is 8.92. The van der Waals surface area contributed by atoms with Crippen molar-refractivity contribution in [2.24, 2.45) is 0 Å². The summed E-state index contributed by atoms with van der Waals surface area (Å²) >= 11 is 7.17. The standard InChI is InChI=1S/C18H21Br2N/c1-3-8-21-18(9-14-6-4-13(2)5-7-14)15-10-16(19)12-17(20)11-15/h4-7,10-12,18,21H,3,8-9H2,1-2H3. The molecule has 0 saturated heterocycles. The predicted molar refractivity (Wildman–Crippen MR) is 97.8 cm³/mol. The van der Waals surface area contributed by atoms with E-state index in [1.807, 2.05) is 0 Å². The van der Waals surface area contributed by atoms with Crippen molar-refractivity contribution < 1.29 is 0 Å². The Morgan fingerprint density at radius 1 is 1.00 bits per heavy atom. The van der Waals surface area contributed by atoms with Crippen LogP contribution in [0.4, 0.5) is 0 Å². The van der Waals surface area contributed by atoms with Crippen molar-refractivity contribution in [3.05, 3.63) is 68.1 Å². The maximum absolute atomic E-state index is 3.66. The molecule has 0 aliphatic carbocycles. The Balaban J connectivity index is 2.22. The highest BCUT2D eigenvalue weighted by atomic mass is 79.9. The SMILES string of the molecule is CCCNC(Cc1ccc(C)cc1)c1cc(Br)cc(Br)c1. The molecule has 0 saturated carbocycles. The zero-order chi connectivity index (χ0) is 15.2. The third kappa shape index (κ3) is 5.24. The molecule has 2 rings (SSSR count). The molecule has 21 heavy (non-hydrogen) atoms. The number of hydrogen-bond acceptors (Lipinski definition) is 1. The lowest BCUT2D eigenvalue weighted by molar-refractivity contribution is 0.529. The summed E-state index contributed by atoms with van der Waals surface area (Å²) in [6, 6.07) is 15.6. The lowest BCUT2D eigenvalue weighted by Gasteiger charge is -2.20. The van der Waals surface area contributed by atoms with Gasteiger partial charge in [0.15, 0.2) is 0 Å². The molecule has 0 radical (unpaired) electrons. The topological polar surface area (TPSA) is 12.0 Å². The van der Waals surface area contributed by atoms with E-state index in [2.05, 4.69) is 93.5 Å². The van der Waals surface area contributed by atoms with Crippen LogP contribution < -0.4 is 5.32 Å². The van der Waals surface area contributed by atoms with E-state index in [0.29, 0.717) is 6.04 Å². The van der Waals surface area contributed by atoms with Gasteiger partial charge in [-0.15, -0.1) is 0 Å². The van der Waals surface area contributed by atoms with Gasteiger partial charge in [0.2, 0.25) is 0 Å². The van der Waals surface area contributed by atoms with Crippen LogP contribution in [-0.2, 0) is 6.42 Å². The largest absolute Gasteiger partial charge is 0.310 e. The third-order valence-corrected chi connectivity index (χ3v) is 4.40. The molecule has 0 bridgehead atoms. The Morgan fingerprint density at radius 2 is 1.62 bits per heavy atom. The minimum atomic E-state index is 0.335. The van der Waals surface area contributed by atoms with Crippen LogP contribution in [0.2, 0.25) is 0 Å². The maximum atomic E-state index is 3.66. The quantitative estimate of drug-likeness (QED) is 0.634. The van der Waals surface area contributed by atoms with Crippen LogP contribution in [0, 0.1) is 6.92 Å². The summed E-state index contributed by atoms with van der Waals surface area (Å²) in [4.78, 5) is 0. The molecular weight excluding hydrogens is 390 g/mol. The molecule has 1 N–H and O–H groups in total. The molecule has 0 fully saturated rings. The molecule has 3 heteroatoms. The summed E-state index contributed by atoms with van der Waals surface area (Å²) in [7, 11) is 0. The van der Waals surface area contributed by atoms with Crippen molar-refractivity contribution in [3.63, 3.8) is 0 Å². The first kappa shape index (κ1) is 16.7. The fourth-order valence-corrected chi connectivity index (χ4v) is 3.69. The third-order valence-electron chi connectivity index (χ3n) is 3.49. The molecule has 0 amide bonds. The molecule has 1 unspecified atom stereocenters. The van der Waals surface area contributed by atoms with E-state index in [4.69, 9.17) is 0 Å². The van der Waals surface area contributed by atoms with Gasteiger partial charge in [-0.25, -0.2) is 0 Å². The second kappa shape index (κ2) is 8.11. The van der Waals surface area contributed by atoms with Crippen LogP contribution in [-0.4, -0.2) is 6.54 Å². The number of nitrogens with one attached hydrogen (secondary N) is 1. The van der Waals surface area contributed by atoms with Gasteiger partial charge < -0.3 is 5.32 Å². The molecule has 0 spiro atoms. The number of rotatable bonds is 6. The minimum absolute atomic E-state index is 0.335. The van der Waals surface area contributed by atoms with Gasteiger partial charge in [-0.3, -0.25) is 0 Å². The number of benzene rings is 2. The number of aryl methyl sites for hydroxylation is 1. The Bertz CT molecular complexity index is 558. The van der Waals surface area contributed by atoms with E-state index in [0.717, 1.165) is 28.3 Å². The van der Waals surface area contributed by atoms with Gasteiger partial charge in [0.25, 0.3) is 0 Å². The second-order valence-corrected chi connectivity index (χ2v) is 7.23. The molecule has 0 aliphatic heterocycles. The van der Waals surface area contributed by atoms with Crippen LogP contribution >= 0.6 is 31.9 Å². The maximum Gasteiger partial charge on any atom is 0.0361 e. The van der Waals surface area contributed by atoms with Crippen molar-refractivity contribution in [1.29, 1.82) is 0 Å². The summed E-state index contributed by atoms with van der Waals surface area (Å²) in [6.07, 6.45) is 2.14. The Hall–Kier alpha value is -0.640. The highest BCUT2D eigenvalue weighted by Gasteiger charge is 2.13. The Kier molecular flexibility index (Phi) is 6.46. The smallest absolute Gasteiger partial charge is 0.0361 e. The average Bonchev–Trinajstić information content (AvgIpc) is 2.44. The Labute approximate surface area is 144 Å². The van der Waals surface area contributed by atoms with Crippen molar-refractivity contribution in [2.75, 3.05) is 6.54 Å². The van der Waals surface area contributed by atoms with Crippen LogP contribution in [0.3, 0.4) is 0 Å². The van der Waals surface area contributed by atoms with Crippen LogP contribution in [0.1, 0.15) is 36.1 Å². The summed E-state index contributed by atoms with van der Waals surface area (Å²) in [5.74, 6) is 0. The van der Waals surface area contributed by atoms with E-state index >= 15 is 0 Å². The lowest BCUT2D eigenvalue weighted by Crippen LogP contribution is -2.24. The van der Waals surface area contributed by atoms with E-state index in [1.165, 1.54) is 16.7 Å².